The standard InChI is InChI=1S/C19H21ClN2O3/c20-17-12-14(25-21-17)5-6-18(24)22-9-7-19(8-10-22)15-4-2-1-3-13(15)11-16(19)23/h1-4,12,16,23H,5-11H2/t16-/m0/s1. The normalized spacial score (nSPS) is 21.5. The van der Waals surface area contributed by atoms with E-state index in [1.807, 2.05) is 17.0 Å². The average Bonchev–Trinajstić information content (AvgIpc) is 3.16. The third kappa shape index (κ3) is 2.96. The maximum absolute atomic E-state index is 12.5. The van der Waals surface area contributed by atoms with Crippen LogP contribution in [0.25, 0.3) is 0 Å². The van der Waals surface area contributed by atoms with Gasteiger partial charge in [-0.2, -0.15) is 0 Å². The fourth-order valence-electron chi connectivity index (χ4n) is 4.32. The average molecular weight is 361 g/mol. The van der Waals surface area contributed by atoms with Crippen LogP contribution < -0.4 is 0 Å². The van der Waals surface area contributed by atoms with E-state index in [9.17, 15) is 9.90 Å². The number of amides is 1. The summed E-state index contributed by atoms with van der Waals surface area (Å²) in [5.74, 6) is 0.745. The van der Waals surface area contributed by atoms with Crippen molar-refractivity contribution in [3.05, 3.63) is 52.4 Å². The van der Waals surface area contributed by atoms with Crippen molar-refractivity contribution in [2.75, 3.05) is 13.1 Å². The topological polar surface area (TPSA) is 66.6 Å². The summed E-state index contributed by atoms with van der Waals surface area (Å²) < 4.78 is 5.05. The number of hydrogen-bond acceptors (Lipinski definition) is 4. The highest BCUT2D eigenvalue weighted by molar-refractivity contribution is 6.29. The summed E-state index contributed by atoms with van der Waals surface area (Å²) in [6, 6.07) is 9.95. The molecule has 1 atom stereocenters. The van der Waals surface area contributed by atoms with Gasteiger partial charge in [-0.3, -0.25) is 4.79 Å². The minimum Gasteiger partial charge on any atom is -0.392 e. The van der Waals surface area contributed by atoms with E-state index in [1.54, 1.807) is 6.07 Å². The molecule has 2 aromatic rings. The number of carbonyl (C=O) groups is 1. The van der Waals surface area contributed by atoms with Crippen LogP contribution in [0.4, 0.5) is 0 Å². The molecule has 2 heterocycles. The number of likely N-dealkylation sites (tertiary alicyclic amines) is 1. The van der Waals surface area contributed by atoms with Gasteiger partial charge < -0.3 is 14.5 Å². The van der Waals surface area contributed by atoms with Gasteiger partial charge >= 0.3 is 0 Å². The van der Waals surface area contributed by atoms with Gasteiger partial charge in [-0.25, -0.2) is 0 Å². The molecule has 25 heavy (non-hydrogen) atoms. The zero-order chi connectivity index (χ0) is 17.4. The molecule has 0 saturated carbocycles. The Morgan fingerprint density at radius 2 is 2.12 bits per heavy atom. The van der Waals surface area contributed by atoms with Crippen LogP contribution >= 0.6 is 11.6 Å². The Hall–Kier alpha value is -1.85. The lowest BCUT2D eigenvalue weighted by atomic mass is 9.72. The molecule has 0 radical (unpaired) electrons. The smallest absolute Gasteiger partial charge is 0.223 e. The second kappa shape index (κ2) is 6.46. The van der Waals surface area contributed by atoms with Crippen LogP contribution in [0, 0.1) is 0 Å². The van der Waals surface area contributed by atoms with Gasteiger partial charge in [0.25, 0.3) is 0 Å². The first kappa shape index (κ1) is 16.6. The van der Waals surface area contributed by atoms with Crippen LogP contribution in [-0.4, -0.2) is 40.3 Å². The molecule has 1 spiro atoms. The minimum atomic E-state index is -0.349. The number of halogens is 1. The van der Waals surface area contributed by atoms with Gasteiger partial charge in [0.1, 0.15) is 5.76 Å². The highest BCUT2D eigenvalue weighted by atomic mass is 35.5. The van der Waals surface area contributed by atoms with Crippen LogP contribution in [0.15, 0.2) is 34.9 Å². The van der Waals surface area contributed by atoms with Crippen LogP contribution in [-0.2, 0) is 23.1 Å². The zero-order valence-corrected chi connectivity index (χ0v) is 14.7. The molecule has 1 fully saturated rings. The number of carbonyl (C=O) groups excluding carboxylic acids is 1. The predicted octanol–water partition coefficient (Wildman–Crippen LogP) is 2.74. The Morgan fingerprint density at radius 1 is 1.36 bits per heavy atom. The van der Waals surface area contributed by atoms with Crippen molar-refractivity contribution in [1.82, 2.24) is 10.1 Å². The summed E-state index contributed by atoms with van der Waals surface area (Å²) in [4.78, 5) is 14.4. The number of piperidine rings is 1. The number of aliphatic hydroxyl groups excluding tert-OH is 1. The van der Waals surface area contributed by atoms with Gasteiger partial charge in [0.05, 0.1) is 6.10 Å². The van der Waals surface area contributed by atoms with E-state index in [1.165, 1.54) is 11.1 Å². The lowest BCUT2D eigenvalue weighted by molar-refractivity contribution is -0.133. The molecule has 6 heteroatoms. The molecule has 1 aromatic carbocycles. The van der Waals surface area contributed by atoms with E-state index in [0.717, 1.165) is 19.3 Å². The van der Waals surface area contributed by atoms with Crippen LogP contribution in [0.5, 0.6) is 0 Å². The van der Waals surface area contributed by atoms with Crippen LogP contribution in [0.3, 0.4) is 0 Å². The predicted molar refractivity (Wildman–Crippen MR) is 93.5 cm³/mol. The number of aliphatic hydroxyl groups is 1. The zero-order valence-electron chi connectivity index (χ0n) is 13.9. The molecular weight excluding hydrogens is 340 g/mol. The van der Waals surface area contributed by atoms with Crippen LogP contribution in [0.1, 0.15) is 36.1 Å². The van der Waals surface area contributed by atoms with E-state index in [2.05, 4.69) is 17.3 Å². The summed E-state index contributed by atoms with van der Waals surface area (Å²) >= 11 is 5.72. The monoisotopic (exact) mass is 360 g/mol. The second-order valence-corrected chi connectivity index (χ2v) is 7.42. The van der Waals surface area contributed by atoms with Gasteiger partial charge in [0.15, 0.2) is 5.15 Å². The molecule has 132 valence electrons. The van der Waals surface area contributed by atoms with Crippen molar-refractivity contribution < 1.29 is 14.4 Å². The molecule has 1 amide bonds. The van der Waals surface area contributed by atoms with Crippen molar-refractivity contribution in [3.8, 4) is 0 Å². The molecule has 1 aliphatic carbocycles. The summed E-state index contributed by atoms with van der Waals surface area (Å²) in [7, 11) is 0. The first-order valence-electron chi connectivity index (χ1n) is 8.74. The lowest BCUT2D eigenvalue weighted by Gasteiger charge is -2.42. The van der Waals surface area contributed by atoms with Crippen LogP contribution in [0.2, 0.25) is 5.15 Å². The number of aryl methyl sites for hydroxylation is 1. The number of fused-ring (bicyclic) bond motifs is 2. The molecule has 0 bridgehead atoms. The third-order valence-corrected chi connectivity index (χ3v) is 5.91. The molecule has 1 aromatic heterocycles. The Bertz CT molecular complexity index is 780. The van der Waals surface area contributed by atoms with Gasteiger partial charge in [-0.1, -0.05) is 41.0 Å². The molecule has 4 rings (SSSR count). The SMILES string of the molecule is O=C(CCc1cc(Cl)no1)N1CCC2(CC1)c1ccccc1C[C@@H]2O. The lowest BCUT2D eigenvalue weighted by Crippen LogP contribution is -2.49. The van der Waals surface area contributed by atoms with E-state index in [0.29, 0.717) is 36.8 Å². The Labute approximate surface area is 151 Å². The molecular formula is C19H21ClN2O3. The van der Waals surface area contributed by atoms with E-state index in [4.69, 9.17) is 16.1 Å². The van der Waals surface area contributed by atoms with Gasteiger partial charge in [0.2, 0.25) is 5.91 Å². The van der Waals surface area contributed by atoms with Gasteiger partial charge in [-0.15, -0.1) is 0 Å². The van der Waals surface area contributed by atoms with Crippen molar-refractivity contribution in [2.24, 2.45) is 0 Å². The Kier molecular flexibility index (Phi) is 4.29. The number of nitrogens with zero attached hydrogens (tertiary/aromatic N) is 2. The number of hydrogen-bond donors (Lipinski definition) is 1. The van der Waals surface area contributed by atoms with E-state index < -0.39 is 0 Å². The first-order chi connectivity index (χ1) is 12.1. The second-order valence-electron chi connectivity index (χ2n) is 7.03. The Morgan fingerprint density at radius 3 is 2.84 bits per heavy atom. The van der Waals surface area contributed by atoms with E-state index in [-0.39, 0.29) is 17.4 Å². The fraction of sp³-hybridized carbons (Fsp3) is 0.474. The fourth-order valence-corrected chi connectivity index (χ4v) is 4.47. The largest absolute Gasteiger partial charge is 0.392 e. The Balaban J connectivity index is 1.39. The number of rotatable bonds is 3. The molecule has 1 N–H and O–H groups in total. The maximum atomic E-state index is 12.5. The molecule has 1 aliphatic heterocycles. The summed E-state index contributed by atoms with van der Waals surface area (Å²) in [5, 5.41) is 14.6. The number of aromatic nitrogens is 1. The van der Waals surface area contributed by atoms with Gasteiger partial charge in [0, 0.05) is 37.4 Å². The van der Waals surface area contributed by atoms with Crippen molar-refractivity contribution in [3.63, 3.8) is 0 Å². The van der Waals surface area contributed by atoms with Crippen molar-refractivity contribution in [2.45, 2.75) is 43.6 Å². The van der Waals surface area contributed by atoms with Crippen molar-refractivity contribution >= 4 is 17.5 Å². The maximum Gasteiger partial charge on any atom is 0.223 e. The highest BCUT2D eigenvalue weighted by Gasteiger charge is 2.47. The summed E-state index contributed by atoms with van der Waals surface area (Å²) in [5.41, 5.74) is 2.33. The molecule has 1 saturated heterocycles. The molecule has 0 unspecified atom stereocenters. The molecule has 5 nitrogen and oxygen atoms in total. The summed E-state index contributed by atoms with van der Waals surface area (Å²) in [6.45, 7) is 1.36. The summed E-state index contributed by atoms with van der Waals surface area (Å²) in [6.07, 6.45) is 2.88. The highest BCUT2D eigenvalue weighted by Crippen LogP contribution is 2.46. The van der Waals surface area contributed by atoms with Crippen molar-refractivity contribution in [1.29, 1.82) is 0 Å². The first-order valence-corrected chi connectivity index (χ1v) is 9.12. The third-order valence-electron chi connectivity index (χ3n) is 5.73. The van der Waals surface area contributed by atoms with Gasteiger partial charge in [-0.05, 0) is 30.4 Å². The minimum absolute atomic E-state index is 0.114. The molecule has 2 aliphatic rings. The van der Waals surface area contributed by atoms with E-state index >= 15 is 0 Å². The number of benzene rings is 1. The quantitative estimate of drug-likeness (QED) is 0.914.